The molecule has 0 saturated carbocycles. The summed E-state index contributed by atoms with van der Waals surface area (Å²) in [6.45, 7) is 2.07. The van der Waals surface area contributed by atoms with Crippen molar-refractivity contribution >= 4 is 40.2 Å². The number of carbonyl (C=O) groups excluding carboxylic acids is 1. The van der Waals surface area contributed by atoms with Crippen LogP contribution in [-0.2, 0) is 6.42 Å². The van der Waals surface area contributed by atoms with E-state index < -0.39 is 5.24 Å². The summed E-state index contributed by atoms with van der Waals surface area (Å²) in [7, 11) is 0. The minimum Gasteiger partial charge on any atom is -0.276 e. The molecule has 0 bridgehead atoms. The molecule has 112 valence electrons. The predicted octanol–water partition coefficient (Wildman–Crippen LogP) is 4.66. The highest BCUT2D eigenvalue weighted by Crippen LogP contribution is 2.26. The van der Waals surface area contributed by atoms with Gasteiger partial charge < -0.3 is 0 Å². The second-order valence-electron chi connectivity index (χ2n) is 4.75. The van der Waals surface area contributed by atoms with Crippen LogP contribution in [0.25, 0.3) is 22.3 Å². The van der Waals surface area contributed by atoms with Crippen LogP contribution in [0.1, 0.15) is 22.8 Å². The van der Waals surface area contributed by atoms with Crippen LogP contribution >= 0.6 is 24.0 Å². The van der Waals surface area contributed by atoms with E-state index in [2.05, 4.69) is 16.9 Å². The molecule has 0 saturated heterocycles. The van der Waals surface area contributed by atoms with Crippen molar-refractivity contribution in [2.24, 2.45) is 0 Å². The van der Waals surface area contributed by atoms with Gasteiger partial charge in [0.1, 0.15) is 0 Å². The Hall–Kier alpha value is -1.97. The van der Waals surface area contributed by atoms with Gasteiger partial charge in [-0.1, -0.05) is 19.1 Å². The highest BCUT2D eigenvalue weighted by molar-refractivity contribution is 6.68. The van der Waals surface area contributed by atoms with Crippen molar-refractivity contribution in [1.82, 2.24) is 9.97 Å². The third kappa shape index (κ3) is 3.11. The molecule has 0 aliphatic heterocycles. The van der Waals surface area contributed by atoms with Gasteiger partial charge in [-0.3, -0.25) is 9.78 Å². The molecule has 3 aromatic rings. The van der Waals surface area contributed by atoms with E-state index in [1.165, 1.54) is 0 Å². The van der Waals surface area contributed by atoms with Crippen LogP contribution in [0.4, 0.5) is 0 Å². The maximum absolute atomic E-state index is 11.8. The largest absolute Gasteiger partial charge is 0.276 e. The molecule has 3 rings (SSSR count). The summed E-state index contributed by atoms with van der Waals surface area (Å²) in [5.74, 6) is 0. The van der Waals surface area contributed by atoms with Crippen molar-refractivity contribution in [1.29, 1.82) is 0 Å². The van der Waals surface area contributed by atoms with Gasteiger partial charge in [0.15, 0.2) is 0 Å². The van der Waals surface area contributed by atoms with Gasteiger partial charge in [0.25, 0.3) is 5.24 Å². The summed E-state index contributed by atoms with van der Waals surface area (Å²) in [5.41, 5.74) is 3.74. The molecule has 0 spiro atoms. The van der Waals surface area contributed by atoms with Crippen LogP contribution in [0, 0.1) is 0 Å². The van der Waals surface area contributed by atoms with Crippen molar-refractivity contribution in [3.8, 4) is 11.4 Å². The number of aromatic nitrogens is 2. The number of hydrogen-bond acceptors (Lipinski definition) is 3. The van der Waals surface area contributed by atoms with Gasteiger partial charge in [-0.2, -0.15) is 0 Å². The van der Waals surface area contributed by atoms with Gasteiger partial charge >= 0.3 is 0 Å². The van der Waals surface area contributed by atoms with Crippen LogP contribution in [-0.4, -0.2) is 15.2 Å². The van der Waals surface area contributed by atoms with E-state index in [0.29, 0.717) is 11.3 Å². The van der Waals surface area contributed by atoms with Gasteiger partial charge in [-0.05, 0) is 53.9 Å². The summed E-state index contributed by atoms with van der Waals surface area (Å²) in [6, 6.07) is 13.2. The highest BCUT2D eigenvalue weighted by atomic mass is 35.5. The molecule has 0 aliphatic rings. The predicted molar refractivity (Wildman–Crippen MR) is 91.8 cm³/mol. The molecule has 0 unspecified atom stereocenters. The monoisotopic (exact) mass is 332 g/mol. The fourth-order valence-corrected chi connectivity index (χ4v) is 2.46. The van der Waals surface area contributed by atoms with Crippen LogP contribution in [0.5, 0.6) is 0 Å². The number of carbonyl (C=O) groups is 1. The minimum absolute atomic E-state index is 0. The molecule has 2 heterocycles. The first kappa shape index (κ1) is 16.4. The molecule has 1 aromatic carbocycles. The van der Waals surface area contributed by atoms with Crippen LogP contribution < -0.4 is 0 Å². The van der Waals surface area contributed by atoms with E-state index in [9.17, 15) is 4.79 Å². The Bertz CT molecular complexity index is 820. The number of rotatable bonds is 3. The molecular formula is C17H14Cl2N2O. The highest BCUT2D eigenvalue weighted by Gasteiger charge is 2.13. The zero-order valence-corrected chi connectivity index (χ0v) is 13.5. The average molecular weight is 333 g/mol. The number of nitrogens with zero attached hydrogens (tertiary/aromatic N) is 2. The zero-order valence-electron chi connectivity index (χ0n) is 11.9. The molecule has 0 aliphatic carbocycles. The Morgan fingerprint density at radius 1 is 1.14 bits per heavy atom. The standard InChI is InChI=1S/C17H13ClN2O.ClH/c1-2-11-6-7-14-12(9-11)13(17(18)21)10-16(20-14)15-5-3-4-8-19-15;/h3-10H,2H2,1H3;1H. The van der Waals surface area contributed by atoms with E-state index in [-0.39, 0.29) is 12.4 Å². The van der Waals surface area contributed by atoms with Crippen molar-refractivity contribution in [2.45, 2.75) is 13.3 Å². The maximum atomic E-state index is 11.8. The second kappa shape index (κ2) is 6.86. The van der Waals surface area contributed by atoms with Gasteiger partial charge in [0.05, 0.1) is 16.9 Å². The smallest absolute Gasteiger partial charge is 0.253 e. The van der Waals surface area contributed by atoms with Gasteiger partial charge in [0.2, 0.25) is 0 Å². The van der Waals surface area contributed by atoms with E-state index in [0.717, 1.165) is 28.6 Å². The lowest BCUT2D eigenvalue weighted by molar-refractivity contribution is 0.108. The molecule has 0 fully saturated rings. The summed E-state index contributed by atoms with van der Waals surface area (Å²) in [5, 5.41) is 0.307. The quantitative estimate of drug-likeness (QED) is 0.655. The van der Waals surface area contributed by atoms with Crippen molar-refractivity contribution in [3.63, 3.8) is 0 Å². The number of benzene rings is 1. The SMILES string of the molecule is CCc1ccc2nc(-c3ccccn3)cc(C(=O)Cl)c2c1.Cl. The average Bonchev–Trinajstić information content (AvgIpc) is 2.54. The van der Waals surface area contributed by atoms with E-state index in [1.807, 2.05) is 36.4 Å². The minimum atomic E-state index is -0.479. The number of halogens is 2. The Balaban J connectivity index is 0.00000176. The lowest BCUT2D eigenvalue weighted by atomic mass is 10.0. The molecule has 3 nitrogen and oxygen atoms in total. The molecule has 0 atom stereocenters. The normalized spacial score (nSPS) is 10.3. The van der Waals surface area contributed by atoms with Crippen molar-refractivity contribution in [3.05, 3.63) is 59.8 Å². The molecule has 5 heteroatoms. The number of pyridine rings is 2. The number of hydrogen-bond donors (Lipinski definition) is 0. The molecule has 22 heavy (non-hydrogen) atoms. The van der Waals surface area contributed by atoms with Gasteiger partial charge in [0, 0.05) is 17.1 Å². The topological polar surface area (TPSA) is 42.9 Å². The number of aryl methyl sites for hydroxylation is 1. The van der Waals surface area contributed by atoms with Gasteiger partial charge in [-0.25, -0.2) is 4.98 Å². The van der Waals surface area contributed by atoms with Gasteiger partial charge in [-0.15, -0.1) is 12.4 Å². The number of fused-ring (bicyclic) bond motifs is 1. The van der Waals surface area contributed by atoms with E-state index >= 15 is 0 Å². The third-order valence-electron chi connectivity index (χ3n) is 3.42. The molecule has 0 amide bonds. The lowest BCUT2D eigenvalue weighted by Crippen LogP contribution is -1.97. The third-order valence-corrected chi connectivity index (χ3v) is 3.62. The fourth-order valence-electron chi connectivity index (χ4n) is 2.30. The first-order valence-electron chi connectivity index (χ1n) is 6.74. The Morgan fingerprint density at radius 3 is 2.59 bits per heavy atom. The summed E-state index contributed by atoms with van der Waals surface area (Å²) < 4.78 is 0. The first-order valence-corrected chi connectivity index (χ1v) is 7.11. The molecule has 0 N–H and O–H groups in total. The molecular weight excluding hydrogens is 319 g/mol. The maximum Gasteiger partial charge on any atom is 0.253 e. The first-order chi connectivity index (χ1) is 10.2. The summed E-state index contributed by atoms with van der Waals surface area (Å²) >= 11 is 5.75. The van der Waals surface area contributed by atoms with Crippen molar-refractivity contribution < 1.29 is 4.79 Å². The van der Waals surface area contributed by atoms with Crippen LogP contribution in [0.2, 0.25) is 0 Å². The molecule has 2 aromatic heterocycles. The zero-order chi connectivity index (χ0) is 14.8. The Labute approximate surface area is 139 Å². The second-order valence-corrected chi connectivity index (χ2v) is 5.09. The summed E-state index contributed by atoms with van der Waals surface area (Å²) in [6.07, 6.45) is 2.59. The van der Waals surface area contributed by atoms with Crippen LogP contribution in [0.3, 0.4) is 0 Å². The Kier molecular flexibility index (Phi) is 5.11. The van der Waals surface area contributed by atoms with Crippen molar-refractivity contribution in [2.75, 3.05) is 0 Å². The fraction of sp³-hybridized carbons (Fsp3) is 0.118. The Morgan fingerprint density at radius 2 is 1.95 bits per heavy atom. The van der Waals surface area contributed by atoms with E-state index in [1.54, 1.807) is 12.3 Å². The molecule has 0 radical (unpaired) electrons. The van der Waals surface area contributed by atoms with E-state index in [4.69, 9.17) is 11.6 Å². The lowest BCUT2D eigenvalue weighted by Gasteiger charge is -2.08. The van der Waals surface area contributed by atoms with Crippen LogP contribution in [0.15, 0.2) is 48.7 Å². The summed E-state index contributed by atoms with van der Waals surface area (Å²) in [4.78, 5) is 20.6.